The minimum atomic E-state index is 0.573. The standard InChI is InChI=1S/C11H13BrN2O/c12-10-1-4-14-11(13)9(10)7-8-2-5-15-6-3-8/h1,4,7H,2-3,5-6H2,(H2,13,14). The number of hydrogen-bond donors (Lipinski definition) is 1. The lowest BCUT2D eigenvalue weighted by molar-refractivity contribution is 0.119. The summed E-state index contributed by atoms with van der Waals surface area (Å²) < 4.78 is 6.29. The van der Waals surface area contributed by atoms with Gasteiger partial charge in [-0.15, -0.1) is 0 Å². The van der Waals surface area contributed by atoms with Crippen molar-refractivity contribution in [1.82, 2.24) is 4.98 Å². The zero-order chi connectivity index (χ0) is 10.7. The first-order chi connectivity index (χ1) is 7.27. The molecule has 3 nitrogen and oxygen atoms in total. The van der Waals surface area contributed by atoms with Gasteiger partial charge in [0.2, 0.25) is 0 Å². The summed E-state index contributed by atoms with van der Waals surface area (Å²) in [5.41, 5.74) is 8.18. The Morgan fingerprint density at radius 2 is 2.13 bits per heavy atom. The van der Waals surface area contributed by atoms with Gasteiger partial charge in [-0.3, -0.25) is 0 Å². The number of nitrogen functional groups attached to an aromatic ring is 1. The van der Waals surface area contributed by atoms with Crippen LogP contribution in [0.3, 0.4) is 0 Å². The fourth-order valence-electron chi connectivity index (χ4n) is 1.59. The topological polar surface area (TPSA) is 48.1 Å². The summed E-state index contributed by atoms with van der Waals surface area (Å²) >= 11 is 3.48. The third-order valence-electron chi connectivity index (χ3n) is 2.45. The number of nitrogens with zero attached hydrogens (tertiary/aromatic N) is 1. The molecule has 1 aromatic rings. The molecule has 1 aliphatic heterocycles. The molecule has 0 aromatic carbocycles. The van der Waals surface area contributed by atoms with Crippen LogP contribution in [0.25, 0.3) is 6.08 Å². The number of aromatic nitrogens is 1. The molecule has 0 saturated carbocycles. The van der Waals surface area contributed by atoms with Crippen molar-refractivity contribution in [3.8, 4) is 0 Å². The summed E-state index contributed by atoms with van der Waals surface area (Å²) in [6.45, 7) is 1.62. The molecule has 0 amide bonds. The third-order valence-corrected chi connectivity index (χ3v) is 3.14. The minimum Gasteiger partial charge on any atom is -0.383 e. The lowest BCUT2D eigenvalue weighted by Crippen LogP contribution is -2.07. The van der Waals surface area contributed by atoms with Gasteiger partial charge in [0.25, 0.3) is 0 Å². The number of nitrogens with two attached hydrogens (primary N) is 1. The van der Waals surface area contributed by atoms with Gasteiger partial charge in [0.05, 0.1) is 13.2 Å². The molecule has 1 saturated heterocycles. The molecule has 4 heteroatoms. The molecule has 0 atom stereocenters. The van der Waals surface area contributed by atoms with Crippen molar-refractivity contribution in [3.63, 3.8) is 0 Å². The third kappa shape index (κ3) is 2.58. The summed E-state index contributed by atoms with van der Waals surface area (Å²) in [7, 11) is 0. The highest BCUT2D eigenvalue weighted by Gasteiger charge is 2.08. The normalized spacial score (nSPS) is 16.5. The van der Waals surface area contributed by atoms with E-state index < -0.39 is 0 Å². The van der Waals surface area contributed by atoms with Crippen LogP contribution >= 0.6 is 15.9 Å². The number of pyridine rings is 1. The van der Waals surface area contributed by atoms with Crippen molar-refractivity contribution in [2.75, 3.05) is 18.9 Å². The number of halogens is 1. The van der Waals surface area contributed by atoms with Crippen LogP contribution in [0.4, 0.5) is 5.82 Å². The fourth-order valence-corrected chi connectivity index (χ4v) is 2.03. The lowest BCUT2D eigenvalue weighted by atomic mass is 10.0. The first-order valence-corrected chi connectivity index (χ1v) is 5.74. The molecular formula is C11H13BrN2O. The van der Waals surface area contributed by atoms with Gasteiger partial charge in [-0.05, 0) is 34.8 Å². The highest BCUT2D eigenvalue weighted by molar-refractivity contribution is 9.10. The van der Waals surface area contributed by atoms with Crippen LogP contribution < -0.4 is 5.73 Å². The van der Waals surface area contributed by atoms with Crippen LogP contribution in [-0.2, 0) is 4.74 Å². The molecule has 0 unspecified atom stereocenters. The van der Waals surface area contributed by atoms with Crippen molar-refractivity contribution in [2.24, 2.45) is 0 Å². The van der Waals surface area contributed by atoms with Gasteiger partial charge in [-0.2, -0.15) is 0 Å². The Kier molecular flexibility index (Phi) is 3.38. The van der Waals surface area contributed by atoms with E-state index in [1.807, 2.05) is 6.07 Å². The van der Waals surface area contributed by atoms with E-state index in [9.17, 15) is 0 Å². The fraction of sp³-hybridized carbons (Fsp3) is 0.364. The highest BCUT2D eigenvalue weighted by Crippen LogP contribution is 2.26. The number of ether oxygens (including phenoxy) is 1. The maximum Gasteiger partial charge on any atom is 0.131 e. The monoisotopic (exact) mass is 268 g/mol. The Bertz CT molecular complexity index is 362. The van der Waals surface area contributed by atoms with Crippen LogP contribution in [0.1, 0.15) is 18.4 Å². The number of anilines is 1. The SMILES string of the molecule is Nc1nccc(Br)c1C=C1CCOCC1. The van der Waals surface area contributed by atoms with E-state index in [1.54, 1.807) is 6.20 Å². The van der Waals surface area contributed by atoms with Crippen molar-refractivity contribution >= 4 is 27.8 Å². The molecule has 1 fully saturated rings. The summed E-state index contributed by atoms with van der Waals surface area (Å²) in [5.74, 6) is 0.573. The molecule has 0 bridgehead atoms. The highest BCUT2D eigenvalue weighted by atomic mass is 79.9. The second-order valence-electron chi connectivity index (χ2n) is 3.51. The average molecular weight is 269 g/mol. The predicted octanol–water partition coefficient (Wildman–Crippen LogP) is 2.62. The van der Waals surface area contributed by atoms with E-state index in [0.29, 0.717) is 5.82 Å². The largest absolute Gasteiger partial charge is 0.383 e. The molecule has 1 aromatic heterocycles. The predicted molar refractivity (Wildman–Crippen MR) is 64.4 cm³/mol. The van der Waals surface area contributed by atoms with Crippen LogP contribution in [0.5, 0.6) is 0 Å². The molecule has 0 aliphatic carbocycles. The van der Waals surface area contributed by atoms with E-state index >= 15 is 0 Å². The summed E-state index contributed by atoms with van der Waals surface area (Å²) in [4.78, 5) is 4.08. The summed E-state index contributed by atoms with van der Waals surface area (Å²) in [5, 5.41) is 0. The van der Waals surface area contributed by atoms with Crippen LogP contribution in [0, 0.1) is 0 Å². The Hall–Kier alpha value is -0.870. The molecule has 80 valence electrons. The van der Waals surface area contributed by atoms with Crippen LogP contribution in [-0.4, -0.2) is 18.2 Å². The van der Waals surface area contributed by atoms with Crippen molar-refractivity contribution < 1.29 is 4.74 Å². The quantitative estimate of drug-likeness (QED) is 0.852. The van der Waals surface area contributed by atoms with Crippen LogP contribution in [0.2, 0.25) is 0 Å². The van der Waals surface area contributed by atoms with E-state index in [4.69, 9.17) is 10.5 Å². The Morgan fingerprint density at radius 3 is 2.80 bits per heavy atom. The van der Waals surface area contributed by atoms with Gasteiger partial charge in [-0.25, -0.2) is 4.98 Å². The van der Waals surface area contributed by atoms with E-state index in [-0.39, 0.29) is 0 Å². The smallest absolute Gasteiger partial charge is 0.131 e. The maximum atomic E-state index is 5.82. The molecule has 0 spiro atoms. The average Bonchev–Trinajstić information content (AvgIpc) is 2.25. The van der Waals surface area contributed by atoms with Gasteiger partial charge >= 0.3 is 0 Å². The second-order valence-corrected chi connectivity index (χ2v) is 4.36. The van der Waals surface area contributed by atoms with Gasteiger partial charge in [0, 0.05) is 16.2 Å². The molecule has 2 rings (SSSR count). The Morgan fingerprint density at radius 1 is 1.40 bits per heavy atom. The minimum absolute atomic E-state index is 0.573. The van der Waals surface area contributed by atoms with Gasteiger partial charge < -0.3 is 10.5 Å². The summed E-state index contributed by atoms with van der Waals surface area (Å²) in [6, 6.07) is 1.90. The van der Waals surface area contributed by atoms with Crippen molar-refractivity contribution in [1.29, 1.82) is 0 Å². The van der Waals surface area contributed by atoms with Gasteiger partial charge in [0.15, 0.2) is 0 Å². The van der Waals surface area contributed by atoms with E-state index in [1.165, 1.54) is 5.57 Å². The Balaban J connectivity index is 2.29. The zero-order valence-electron chi connectivity index (χ0n) is 8.37. The first-order valence-electron chi connectivity index (χ1n) is 4.94. The maximum absolute atomic E-state index is 5.82. The van der Waals surface area contributed by atoms with Gasteiger partial charge in [0.1, 0.15) is 5.82 Å². The van der Waals surface area contributed by atoms with E-state index in [0.717, 1.165) is 36.1 Å². The van der Waals surface area contributed by atoms with Crippen molar-refractivity contribution in [2.45, 2.75) is 12.8 Å². The zero-order valence-corrected chi connectivity index (χ0v) is 9.96. The van der Waals surface area contributed by atoms with Gasteiger partial charge in [-0.1, -0.05) is 11.6 Å². The molecule has 15 heavy (non-hydrogen) atoms. The molecule has 0 radical (unpaired) electrons. The van der Waals surface area contributed by atoms with E-state index in [2.05, 4.69) is 27.0 Å². The van der Waals surface area contributed by atoms with Crippen molar-refractivity contribution in [3.05, 3.63) is 27.9 Å². The lowest BCUT2D eigenvalue weighted by Gasteiger charge is -2.15. The molecular weight excluding hydrogens is 256 g/mol. The number of hydrogen-bond acceptors (Lipinski definition) is 3. The first kappa shape index (κ1) is 10.6. The molecule has 2 heterocycles. The summed E-state index contributed by atoms with van der Waals surface area (Å²) in [6.07, 6.45) is 5.79. The molecule has 1 aliphatic rings. The second kappa shape index (κ2) is 4.77. The van der Waals surface area contributed by atoms with Crippen LogP contribution in [0.15, 0.2) is 22.3 Å². The Labute approximate surface area is 97.5 Å². The number of rotatable bonds is 1. The molecule has 2 N–H and O–H groups in total.